The van der Waals surface area contributed by atoms with E-state index in [9.17, 15) is 0 Å². The van der Waals surface area contributed by atoms with Crippen LogP contribution in [0.25, 0.3) is 0 Å². The zero-order valence-electron chi connectivity index (χ0n) is 5.57. The molecule has 0 saturated carbocycles. The average Bonchev–Trinajstić information content (AvgIpc) is 1.39. The summed E-state index contributed by atoms with van der Waals surface area (Å²) in [7, 11) is 0. The quantitative estimate of drug-likeness (QED) is 0.584. The van der Waals surface area contributed by atoms with Crippen LogP contribution in [0.4, 0.5) is 0 Å². The van der Waals surface area contributed by atoms with E-state index in [1.165, 1.54) is 0 Å². The van der Waals surface area contributed by atoms with Gasteiger partial charge in [0, 0.05) is 65.4 Å². The molecule has 0 bridgehead atoms. The Labute approximate surface area is 103 Å². The summed E-state index contributed by atoms with van der Waals surface area (Å²) in [5.41, 5.74) is 0. The first-order valence-electron chi connectivity index (χ1n) is 1.71. The van der Waals surface area contributed by atoms with Gasteiger partial charge in [0.25, 0.3) is 0 Å². The summed E-state index contributed by atoms with van der Waals surface area (Å²) in [6.07, 6.45) is 5.00. The molecule has 0 N–H and O–H groups in total. The Kier molecular flexibility index (Phi) is 107. The van der Waals surface area contributed by atoms with Crippen LogP contribution >= 0.6 is 0 Å². The van der Waals surface area contributed by atoms with Crippen molar-refractivity contribution in [2.24, 2.45) is 0 Å². The molecule has 42 valence electrons. The molecule has 0 fully saturated rings. The van der Waals surface area contributed by atoms with E-state index in [2.05, 4.69) is 25.3 Å². The van der Waals surface area contributed by atoms with Gasteiger partial charge in [-0.3, -0.25) is 13.2 Å². The Balaban J connectivity index is -0.0000000160. The van der Waals surface area contributed by atoms with Crippen molar-refractivity contribution in [3.63, 3.8) is 0 Å². The minimum absolute atomic E-state index is 0. The van der Waals surface area contributed by atoms with Gasteiger partial charge in [-0.25, -0.2) is 0 Å². The van der Waals surface area contributed by atoms with Crippen molar-refractivity contribution < 1.29 is 65.4 Å². The van der Waals surface area contributed by atoms with Crippen molar-refractivity contribution in [3.05, 3.63) is 25.3 Å². The predicted molar refractivity (Wildman–Crippen MR) is 29.1 cm³/mol. The van der Waals surface area contributed by atoms with Gasteiger partial charge in [0.15, 0.2) is 0 Å². The Bertz CT molecular complexity index is 27.5. The summed E-state index contributed by atoms with van der Waals surface area (Å²) in [5, 5.41) is 0. The van der Waals surface area contributed by atoms with E-state index in [-0.39, 0.29) is 65.4 Å². The second-order valence-corrected chi connectivity index (χ2v) is 0.707. The Morgan fingerprint density at radius 3 is 0.875 bits per heavy atom. The summed E-state index contributed by atoms with van der Waals surface area (Å²) in [5.74, 6) is 0. The van der Waals surface area contributed by atoms with E-state index >= 15 is 0 Å². The Morgan fingerprint density at radius 2 is 0.875 bits per heavy atom. The first-order valence-corrected chi connectivity index (χ1v) is 1.71. The van der Waals surface area contributed by atoms with Gasteiger partial charge in [-0.1, -0.05) is 0 Å². The third-order valence-electron chi connectivity index (χ3n) is 0. The van der Waals surface area contributed by atoms with Gasteiger partial charge in [-0.05, 0) is 0 Å². The third kappa shape index (κ3) is 121. The fourth-order valence-corrected chi connectivity index (χ4v) is 0. The minimum Gasteiger partial charge on any atom is -0.507 e. The zero-order valence-corrected chi connectivity index (χ0v) is 11.2. The Hall–Kier alpha value is 1.69. The van der Waals surface area contributed by atoms with Gasteiger partial charge in [0.05, 0.1) is 0 Å². The fourth-order valence-electron chi connectivity index (χ4n) is 0. The van der Waals surface area contributed by atoms with Crippen molar-refractivity contribution in [3.8, 4) is 0 Å². The van der Waals surface area contributed by atoms with E-state index in [1.54, 1.807) is 13.8 Å². The molecule has 0 atom stereocenters. The number of hydrogen-bond donors (Lipinski definition) is 0. The smallest absolute Gasteiger partial charge is 0 e. The molecule has 0 aliphatic rings. The maximum Gasteiger partial charge on any atom is 0 e. The van der Waals surface area contributed by atoms with Crippen LogP contribution in [0.5, 0.6) is 0 Å². The molecule has 0 amide bonds. The van der Waals surface area contributed by atoms with Gasteiger partial charge in [-0.15, -0.1) is 0 Å². The molecule has 2 radical (unpaired) electrons. The van der Waals surface area contributed by atoms with Crippen LogP contribution in [0.2, 0.25) is 0 Å². The van der Waals surface area contributed by atoms with Crippen molar-refractivity contribution >= 4 is 0 Å². The molecule has 0 unspecified atom stereocenters. The molecule has 0 aliphatic heterocycles. The molecule has 0 saturated heterocycles. The topological polar surface area (TPSA) is 0 Å². The molecule has 0 aliphatic carbocycles. The minimum atomic E-state index is 0. The van der Waals surface area contributed by atoms with Crippen LogP contribution < -0.4 is 0 Å². The normalized spacial score (nSPS) is 3.25. The van der Waals surface area contributed by atoms with Gasteiger partial charge < -0.3 is 12.2 Å². The van der Waals surface area contributed by atoms with Crippen molar-refractivity contribution in [1.29, 1.82) is 0 Å². The predicted octanol–water partition coefficient (Wildman–Crippen LogP) is 1.99. The van der Waals surface area contributed by atoms with E-state index in [1.807, 2.05) is 0 Å². The third-order valence-corrected chi connectivity index (χ3v) is 0. The summed E-state index contributed by atoms with van der Waals surface area (Å²) in [6.45, 7) is 10.0. The molecule has 0 aromatic heterocycles. The molecule has 0 rings (SSSR count). The zero-order chi connectivity index (χ0) is 5.41. The molecule has 0 aromatic carbocycles. The van der Waals surface area contributed by atoms with Crippen molar-refractivity contribution in [1.82, 2.24) is 0 Å². The molecule has 8 heavy (non-hydrogen) atoms. The number of hydrogen-bond acceptors (Lipinski definition) is 0. The molecule has 0 heterocycles. The molecule has 0 spiro atoms. The maximum atomic E-state index is 3.24. The summed E-state index contributed by atoms with van der Waals surface area (Å²) >= 11 is 0. The standard InChI is InChI=1S/2C3H5.2Y/c2*1-3-2;;/h2*1H2,2H3;;/q2*-1;;. The number of rotatable bonds is 0. The monoisotopic (exact) mass is 260 g/mol. The largest absolute Gasteiger partial charge is 0.507 e. The first-order chi connectivity index (χ1) is 2.83. The van der Waals surface area contributed by atoms with Crippen LogP contribution in [0.1, 0.15) is 13.8 Å². The van der Waals surface area contributed by atoms with Crippen LogP contribution in [-0.4, -0.2) is 0 Å². The van der Waals surface area contributed by atoms with Gasteiger partial charge in [0.1, 0.15) is 0 Å². The van der Waals surface area contributed by atoms with E-state index in [0.717, 1.165) is 0 Å². The molecule has 0 nitrogen and oxygen atoms in total. The van der Waals surface area contributed by atoms with E-state index < -0.39 is 0 Å². The van der Waals surface area contributed by atoms with Crippen LogP contribution in [0.15, 0.2) is 13.2 Å². The maximum absolute atomic E-state index is 3.24. The fraction of sp³-hybridized carbons (Fsp3) is 0.333. The van der Waals surface area contributed by atoms with E-state index in [4.69, 9.17) is 0 Å². The molecular formula is C6H10Y2-2. The Morgan fingerprint density at radius 1 is 0.875 bits per heavy atom. The summed E-state index contributed by atoms with van der Waals surface area (Å²) in [6, 6.07) is 0. The second-order valence-electron chi connectivity index (χ2n) is 0.707. The summed E-state index contributed by atoms with van der Waals surface area (Å²) < 4.78 is 0. The second kappa shape index (κ2) is 37.8. The SMILES string of the molecule is C=[C-]C.C=[C-]C.[Y].[Y]. The number of allylic oxidation sites excluding steroid dienone is 2. The molecular weight excluding hydrogens is 250 g/mol. The molecule has 2 heteroatoms. The van der Waals surface area contributed by atoms with Crippen LogP contribution in [-0.2, 0) is 65.4 Å². The summed E-state index contributed by atoms with van der Waals surface area (Å²) in [4.78, 5) is 0. The van der Waals surface area contributed by atoms with Crippen molar-refractivity contribution in [2.75, 3.05) is 0 Å². The van der Waals surface area contributed by atoms with Gasteiger partial charge in [-0.2, -0.15) is 13.8 Å². The van der Waals surface area contributed by atoms with E-state index in [0.29, 0.717) is 0 Å². The van der Waals surface area contributed by atoms with Gasteiger partial charge in [0.2, 0.25) is 0 Å². The van der Waals surface area contributed by atoms with Crippen LogP contribution in [0, 0.1) is 12.2 Å². The average molecular weight is 260 g/mol. The van der Waals surface area contributed by atoms with Crippen LogP contribution in [0.3, 0.4) is 0 Å². The van der Waals surface area contributed by atoms with Crippen molar-refractivity contribution in [2.45, 2.75) is 13.8 Å². The van der Waals surface area contributed by atoms with Gasteiger partial charge >= 0.3 is 0 Å². The first kappa shape index (κ1) is 22.6. The molecule has 0 aromatic rings.